The first-order valence-corrected chi connectivity index (χ1v) is 15.8. The Morgan fingerprint density at radius 3 is 1.78 bits per heavy atom. The number of esters is 1. The van der Waals surface area contributed by atoms with Crippen LogP contribution in [0, 0.1) is 13.8 Å². The summed E-state index contributed by atoms with van der Waals surface area (Å²) < 4.78 is 11.1. The van der Waals surface area contributed by atoms with Crippen molar-refractivity contribution in [3.8, 4) is 0 Å². The summed E-state index contributed by atoms with van der Waals surface area (Å²) in [5, 5.41) is 5.55. The van der Waals surface area contributed by atoms with Crippen LogP contribution in [0.5, 0.6) is 0 Å². The van der Waals surface area contributed by atoms with Gasteiger partial charge in [-0.05, 0) is 87.3 Å². The van der Waals surface area contributed by atoms with Crippen molar-refractivity contribution >= 4 is 36.5 Å². The number of hydrogen-bond acceptors (Lipinski definition) is 7. The molecular weight excluding hydrogens is 590 g/mol. The zero-order valence-electron chi connectivity index (χ0n) is 28.6. The summed E-state index contributed by atoms with van der Waals surface area (Å²) in [5.74, 6) is -1.72. The zero-order valence-corrected chi connectivity index (χ0v) is 29.5. The first kappa shape index (κ1) is 37.7. The fourth-order valence-electron chi connectivity index (χ4n) is 4.90. The standard InChI is InChI=1S/C35H51N3O6S/c1-22-17-23(2)19-25(18-22)28(38(33(3,4)5)30(40)27(21-45)37-32(42)44-35(9,10)11)29(39)36-26(31(41)43-34(6,7)8)20-24-15-13-12-14-16-24/h12-19,26-28,45H,20-21H2,1-11H3,(H,36,39)(H,37,42). The number of hydrogen-bond donors (Lipinski definition) is 3. The molecule has 248 valence electrons. The quantitative estimate of drug-likeness (QED) is 0.221. The van der Waals surface area contributed by atoms with Crippen LogP contribution in [0.25, 0.3) is 0 Å². The maximum absolute atomic E-state index is 14.5. The van der Waals surface area contributed by atoms with Crippen molar-refractivity contribution in [2.24, 2.45) is 0 Å². The molecule has 2 aromatic carbocycles. The number of aryl methyl sites for hydroxylation is 2. The van der Waals surface area contributed by atoms with E-state index in [-0.39, 0.29) is 12.2 Å². The molecule has 0 saturated heterocycles. The Morgan fingerprint density at radius 1 is 0.778 bits per heavy atom. The molecule has 10 heteroatoms. The summed E-state index contributed by atoms with van der Waals surface area (Å²) in [6.45, 7) is 19.7. The van der Waals surface area contributed by atoms with Crippen LogP contribution in [0.15, 0.2) is 48.5 Å². The van der Waals surface area contributed by atoms with Crippen LogP contribution >= 0.6 is 12.6 Å². The molecule has 0 aliphatic carbocycles. The maximum Gasteiger partial charge on any atom is 0.408 e. The van der Waals surface area contributed by atoms with Crippen LogP contribution in [0.4, 0.5) is 4.79 Å². The molecule has 2 N–H and O–H groups in total. The van der Waals surface area contributed by atoms with Gasteiger partial charge in [0.2, 0.25) is 11.8 Å². The highest BCUT2D eigenvalue weighted by atomic mass is 32.1. The first-order chi connectivity index (χ1) is 20.6. The van der Waals surface area contributed by atoms with Gasteiger partial charge in [-0.1, -0.05) is 59.7 Å². The van der Waals surface area contributed by atoms with Crippen LogP contribution in [0.1, 0.15) is 90.6 Å². The molecule has 2 aromatic rings. The number of rotatable bonds is 10. The van der Waals surface area contributed by atoms with E-state index in [2.05, 4.69) is 23.3 Å². The molecule has 9 nitrogen and oxygen atoms in total. The minimum Gasteiger partial charge on any atom is -0.458 e. The molecule has 3 amide bonds. The van der Waals surface area contributed by atoms with Gasteiger partial charge < -0.3 is 25.0 Å². The van der Waals surface area contributed by atoms with Crippen molar-refractivity contribution in [3.05, 3.63) is 70.8 Å². The molecule has 0 aliphatic heterocycles. The van der Waals surface area contributed by atoms with Gasteiger partial charge in [0, 0.05) is 17.7 Å². The highest BCUT2D eigenvalue weighted by Gasteiger charge is 2.43. The van der Waals surface area contributed by atoms with Crippen LogP contribution in [0.3, 0.4) is 0 Å². The molecular formula is C35H51N3O6S. The van der Waals surface area contributed by atoms with Gasteiger partial charge in [0.15, 0.2) is 0 Å². The van der Waals surface area contributed by atoms with Gasteiger partial charge in [-0.25, -0.2) is 9.59 Å². The molecule has 0 spiro atoms. The molecule has 3 atom stereocenters. The Morgan fingerprint density at radius 2 is 1.31 bits per heavy atom. The lowest BCUT2D eigenvalue weighted by Gasteiger charge is -2.43. The van der Waals surface area contributed by atoms with E-state index in [9.17, 15) is 19.2 Å². The Bertz CT molecular complexity index is 1320. The highest BCUT2D eigenvalue weighted by Crippen LogP contribution is 2.32. The number of benzene rings is 2. The van der Waals surface area contributed by atoms with Crippen molar-refractivity contribution in [1.29, 1.82) is 0 Å². The second-order valence-corrected chi connectivity index (χ2v) is 14.7. The van der Waals surface area contributed by atoms with Crippen molar-refractivity contribution in [1.82, 2.24) is 15.5 Å². The predicted molar refractivity (Wildman–Crippen MR) is 180 cm³/mol. The maximum atomic E-state index is 14.5. The van der Waals surface area contributed by atoms with E-state index in [1.54, 1.807) is 41.5 Å². The Balaban J connectivity index is 2.65. The van der Waals surface area contributed by atoms with E-state index in [0.29, 0.717) is 5.56 Å². The molecule has 0 bridgehead atoms. The van der Waals surface area contributed by atoms with E-state index >= 15 is 0 Å². The summed E-state index contributed by atoms with van der Waals surface area (Å²) >= 11 is 4.37. The van der Waals surface area contributed by atoms with Crippen LogP contribution in [0.2, 0.25) is 0 Å². The summed E-state index contributed by atoms with van der Waals surface area (Å²) in [4.78, 5) is 56.5. The first-order valence-electron chi connectivity index (χ1n) is 15.2. The molecule has 0 saturated carbocycles. The number of carbonyl (C=O) groups is 4. The Hall–Kier alpha value is -3.53. The average Bonchev–Trinajstić information content (AvgIpc) is 2.86. The number of ether oxygens (including phenoxy) is 2. The third-order valence-corrected chi connectivity index (χ3v) is 6.85. The predicted octanol–water partition coefficient (Wildman–Crippen LogP) is 5.86. The van der Waals surface area contributed by atoms with Crippen molar-refractivity contribution in [2.45, 2.75) is 117 Å². The molecule has 0 aromatic heterocycles. The minimum atomic E-state index is -1.17. The van der Waals surface area contributed by atoms with Crippen molar-refractivity contribution in [3.63, 3.8) is 0 Å². The number of thiol groups is 1. The number of carbonyl (C=O) groups excluding carboxylic acids is 4. The van der Waals surface area contributed by atoms with Gasteiger partial charge in [0.05, 0.1) is 0 Å². The third-order valence-electron chi connectivity index (χ3n) is 6.49. The van der Waals surface area contributed by atoms with Gasteiger partial charge in [0.1, 0.15) is 29.3 Å². The Labute approximate surface area is 274 Å². The number of alkyl carbamates (subject to hydrolysis) is 1. The fraction of sp³-hybridized carbons (Fsp3) is 0.543. The van der Waals surface area contributed by atoms with Gasteiger partial charge in [-0.2, -0.15) is 12.6 Å². The number of amides is 3. The normalized spacial score (nSPS) is 14.0. The molecule has 45 heavy (non-hydrogen) atoms. The summed E-state index contributed by atoms with van der Waals surface area (Å²) in [7, 11) is 0. The second kappa shape index (κ2) is 15.2. The smallest absolute Gasteiger partial charge is 0.408 e. The summed E-state index contributed by atoms with van der Waals surface area (Å²) in [5.41, 5.74) is 0.709. The van der Waals surface area contributed by atoms with Crippen molar-refractivity contribution in [2.75, 3.05) is 5.75 Å². The van der Waals surface area contributed by atoms with E-state index in [1.807, 2.05) is 83.1 Å². The molecule has 3 unspecified atom stereocenters. The molecule has 2 rings (SSSR count). The SMILES string of the molecule is Cc1cc(C)cc(C(C(=O)NC(Cc2ccccc2)C(=O)OC(C)(C)C)N(C(=O)C(CS)NC(=O)OC(C)(C)C)C(C)(C)C)c1. The van der Waals surface area contributed by atoms with Crippen molar-refractivity contribution < 1.29 is 28.7 Å². The van der Waals surface area contributed by atoms with E-state index in [4.69, 9.17) is 9.47 Å². The van der Waals surface area contributed by atoms with Gasteiger partial charge in [0.25, 0.3) is 0 Å². The topological polar surface area (TPSA) is 114 Å². The van der Waals surface area contributed by atoms with Gasteiger partial charge in [-0.3, -0.25) is 9.59 Å². The van der Waals surface area contributed by atoms with E-state index in [0.717, 1.165) is 16.7 Å². The van der Waals surface area contributed by atoms with Gasteiger partial charge >= 0.3 is 12.1 Å². The van der Waals surface area contributed by atoms with E-state index < -0.39 is 58.7 Å². The number of nitrogens with zero attached hydrogens (tertiary/aromatic N) is 1. The number of nitrogens with one attached hydrogen (secondary N) is 2. The van der Waals surface area contributed by atoms with E-state index in [1.165, 1.54) is 4.90 Å². The van der Waals surface area contributed by atoms with Crippen LogP contribution in [-0.4, -0.2) is 63.4 Å². The lowest BCUT2D eigenvalue weighted by atomic mass is 9.93. The minimum absolute atomic E-state index is 0.0413. The van der Waals surface area contributed by atoms with Crippen LogP contribution in [-0.2, 0) is 30.3 Å². The van der Waals surface area contributed by atoms with Gasteiger partial charge in [-0.15, -0.1) is 0 Å². The second-order valence-electron chi connectivity index (χ2n) is 14.4. The lowest BCUT2D eigenvalue weighted by molar-refractivity contribution is -0.159. The summed E-state index contributed by atoms with van der Waals surface area (Å²) in [6.07, 6.45) is -0.590. The fourth-order valence-corrected chi connectivity index (χ4v) is 5.15. The average molecular weight is 642 g/mol. The highest BCUT2D eigenvalue weighted by molar-refractivity contribution is 7.80. The molecule has 0 fully saturated rings. The zero-order chi connectivity index (χ0) is 34.3. The largest absolute Gasteiger partial charge is 0.458 e. The summed E-state index contributed by atoms with van der Waals surface area (Å²) in [6, 6.07) is 11.7. The molecule has 0 radical (unpaired) electrons. The third kappa shape index (κ3) is 12.1. The Kier molecular flexibility index (Phi) is 12.7. The lowest BCUT2D eigenvalue weighted by Crippen LogP contribution is -2.60. The molecule has 0 aliphatic rings. The van der Waals surface area contributed by atoms with Crippen LogP contribution < -0.4 is 10.6 Å². The monoisotopic (exact) mass is 641 g/mol. The molecule has 0 heterocycles.